The van der Waals surface area contributed by atoms with Crippen molar-refractivity contribution >= 4 is 5.91 Å². The Morgan fingerprint density at radius 2 is 1.68 bits per heavy atom. The van der Waals surface area contributed by atoms with Crippen molar-refractivity contribution < 1.29 is 9.90 Å². The molecule has 2 fully saturated rings. The molecule has 0 bridgehead atoms. The van der Waals surface area contributed by atoms with Crippen LogP contribution < -0.4 is 0 Å². The van der Waals surface area contributed by atoms with E-state index >= 15 is 0 Å². The van der Waals surface area contributed by atoms with E-state index < -0.39 is 0 Å². The first-order valence-electron chi connectivity index (χ1n) is 8.21. The van der Waals surface area contributed by atoms with Gasteiger partial charge in [-0.05, 0) is 30.5 Å². The average molecular weight is 303 g/mol. The van der Waals surface area contributed by atoms with Gasteiger partial charge in [0, 0.05) is 45.8 Å². The third kappa shape index (κ3) is 3.99. The summed E-state index contributed by atoms with van der Waals surface area (Å²) in [5.41, 5.74) is 1.14. The first kappa shape index (κ1) is 15.3. The van der Waals surface area contributed by atoms with E-state index in [4.69, 9.17) is 0 Å². The Kier molecular flexibility index (Phi) is 4.95. The van der Waals surface area contributed by atoms with Gasteiger partial charge in [-0.25, -0.2) is 0 Å². The van der Waals surface area contributed by atoms with Crippen molar-refractivity contribution in [1.29, 1.82) is 0 Å². The summed E-state index contributed by atoms with van der Waals surface area (Å²) in [7, 11) is 0. The van der Waals surface area contributed by atoms with Gasteiger partial charge in [-0.3, -0.25) is 14.6 Å². The Bertz CT molecular complexity index is 506. The highest BCUT2D eigenvalue weighted by molar-refractivity contribution is 5.78. The molecule has 0 saturated carbocycles. The molecule has 0 spiro atoms. The molecule has 0 atom stereocenters. The van der Waals surface area contributed by atoms with Crippen molar-refractivity contribution in [3.63, 3.8) is 0 Å². The van der Waals surface area contributed by atoms with E-state index in [9.17, 15) is 9.90 Å². The van der Waals surface area contributed by atoms with Gasteiger partial charge < -0.3 is 10.0 Å². The van der Waals surface area contributed by atoms with Gasteiger partial charge in [-0.15, -0.1) is 0 Å². The van der Waals surface area contributed by atoms with Crippen LogP contribution in [-0.4, -0.2) is 71.5 Å². The molecule has 0 unspecified atom stereocenters. The van der Waals surface area contributed by atoms with Crippen LogP contribution in [0.1, 0.15) is 18.4 Å². The number of nitrogens with zero attached hydrogens (tertiary/aromatic N) is 3. The van der Waals surface area contributed by atoms with Crippen molar-refractivity contribution in [2.45, 2.75) is 19.4 Å². The number of likely N-dealkylation sites (tertiary alicyclic amines) is 1. The number of piperazine rings is 1. The number of hydrogen-bond acceptors (Lipinski definition) is 4. The Hall–Kier alpha value is -1.59. The minimum absolute atomic E-state index is 0.291. The van der Waals surface area contributed by atoms with Gasteiger partial charge >= 0.3 is 0 Å². The smallest absolute Gasteiger partial charge is 0.236 e. The number of amides is 1. The van der Waals surface area contributed by atoms with Crippen LogP contribution in [0.2, 0.25) is 0 Å². The van der Waals surface area contributed by atoms with Crippen molar-refractivity contribution in [1.82, 2.24) is 14.7 Å². The molecule has 22 heavy (non-hydrogen) atoms. The van der Waals surface area contributed by atoms with Crippen molar-refractivity contribution in [2.75, 3.05) is 45.8 Å². The number of aromatic hydroxyl groups is 1. The lowest BCUT2D eigenvalue weighted by molar-refractivity contribution is -0.131. The molecule has 0 aliphatic carbocycles. The molecule has 1 aromatic carbocycles. The molecule has 2 aliphatic heterocycles. The maximum Gasteiger partial charge on any atom is 0.236 e. The first-order chi connectivity index (χ1) is 10.7. The fourth-order valence-electron chi connectivity index (χ4n) is 3.28. The Balaban J connectivity index is 1.43. The van der Waals surface area contributed by atoms with Crippen LogP contribution in [0.3, 0.4) is 0 Å². The van der Waals surface area contributed by atoms with E-state index in [1.807, 2.05) is 23.1 Å². The predicted octanol–water partition coefficient (Wildman–Crippen LogP) is 1.13. The second kappa shape index (κ2) is 7.11. The van der Waals surface area contributed by atoms with E-state index in [1.54, 1.807) is 6.07 Å². The Morgan fingerprint density at radius 1 is 1.00 bits per heavy atom. The highest BCUT2D eigenvalue weighted by atomic mass is 16.3. The predicted molar refractivity (Wildman–Crippen MR) is 85.6 cm³/mol. The number of hydrogen-bond donors (Lipinski definition) is 1. The molecule has 1 N–H and O–H groups in total. The zero-order chi connectivity index (χ0) is 15.4. The van der Waals surface area contributed by atoms with E-state index in [2.05, 4.69) is 9.80 Å². The Morgan fingerprint density at radius 3 is 2.36 bits per heavy atom. The first-order valence-corrected chi connectivity index (χ1v) is 8.21. The number of carbonyl (C=O) groups is 1. The summed E-state index contributed by atoms with van der Waals surface area (Å²) in [5, 5.41) is 9.52. The molecule has 3 rings (SSSR count). The van der Waals surface area contributed by atoms with Gasteiger partial charge in [0.1, 0.15) is 5.75 Å². The standard InChI is InChI=1S/C17H25N3O2/c21-16-5-3-4-15(12-16)13-18-8-10-19(11-9-18)14-17(22)20-6-1-2-7-20/h3-5,12,21H,1-2,6-11,13-14H2. The molecule has 0 radical (unpaired) electrons. The summed E-state index contributed by atoms with van der Waals surface area (Å²) in [6.07, 6.45) is 2.31. The lowest BCUT2D eigenvalue weighted by Crippen LogP contribution is -2.49. The molecular formula is C17H25N3O2. The van der Waals surface area contributed by atoms with Gasteiger partial charge in [-0.1, -0.05) is 12.1 Å². The number of benzene rings is 1. The highest BCUT2D eigenvalue weighted by Gasteiger charge is 2.23. The summed E-state index contributed by atoms with van der Waals surface area (Å²) in [6, 6.07) is 7.45. The zero-order valence-corrected chi connectivity index (χ0v) is 13.1. The number of phenolic OH excluding ortho intramolecular Hbond substituents is 1. The largest absolute Gasteiger partial charge is 0.508 e. The molecule has 120 valence electrons. The van der Waals surface area contributed by atoms with Gasteiger partial charge in [0.25, 0.3) is 0 Å². The van der Waals surface area contributed by atoms with Crippen molar-refractivity contribution in [2.24, 2.45) is 0 Å². The van der Waals surface area contributed by atoms with Crippen molar-refractivity contribution in [3.05, 3.63) is 29.8 Å². The second-order valence-electron chi connectivity index (χ2n) is 6.31. The average Bonchev–Trinajstić information content (AvgIpc) is 3.04. The highest BCUT2D eigenvalue weighted by Crippen LogP contribution is 2.14. The third-order valence-corrected chi connectivity index (χ3v) is 4.60. The molecule has 5 heteroatoms. The van der Waals surface area contributed by atoms with E-state index in [-0.39, 0.29) is 0 Å². The van der Waals surface area contributed by atoms with Crippen LogP contribution in [-0.2, 0) is 11.3 Å². The van der Waals surface area contributed by atoms with Crippen LogP contribution in [0.15, 0.2) is 24.3 Å². The molecular weight excluding hydrogens is 278 g/mol. The fraction of sp³-hybridized carbons (Fsp3) is 0.588. The van der Waals surface area contributed by atoms with Crippen LogP contribution in [0.25, 0.3) is 0 Å². The normalized spacial score (nSPS) is 20.5. The van der Waals surface area contributed by atoms with Gasteiger partial charge in [-0.2, -0.15) is 0 Å². The summed E-state index contributed by atoms with van der Waals surface area (Å²) < 4.78 is 0. The van der Waals surface area contributed by atoms with E-state index in [1.165, 1.54) is 0 Å². The number of carbonyl (C=O) groups excluding carboxylic acids is 1. The molecule has 2 heterocycles. The fourth-order valence-corrected chi connectivity index (χ4v) is 3.28. The molecule has 2 saturated heterocycles. The summed E-state index contributed by atoms with van der Waals surface area (Å²) >= 11 is 0. The van der Waals surface area contributed by atoms with Crippen LogP contribution in [0.4, 0.5) is 0 Å². The van der Waals surface area contributed by atoms with Gasteiger partial charge in [0.15, 0.2) is 0 Å². The van der Waals surface area contributed by atoms with Crippen LogP contribution in [0.5, 0.6) is 5.75 Å². The summed E-state index contributed by atoms with van der Waals surface area (Å²) in [4.78, 5) is 18.8. The third-order valence-electron chi connectivity index (χ3n) is 4.60. The second-order valence-corrected chi connectivity index (χ2v) is 6.31. The van der Waals surface area contributed by atoms with E-state index in [0.29, 0.717) is 18.2 Å². The molecule has 1 aromatic rings. The lowest BCUT2D eigenvalue weighted by Gasteiger charge is -2.35. The zero-order valence-electron chi connectivity index (χ0n) is 13.1. The SMILES string of the molecule is O=C(CN1CCN(Cc2cccc(O)c2)CC1)N1CCCC1. The van der Waals surface area contributed by atoms with Gasteiger partial charge in [0.05, 0.1) is 6.54 Å². The van der Waals surface area contributed by atoms with E-state index in [0.717, 1.165) is 64.2 Å². The summed E-state index contributed by atoms with van der Waals surface area (Å²) in [6.45, 7) is 7.15. The summed E-state index contributed by atoms with van der Waals surface area (Å²) in [5.74, 6) is 0.617. The maximum absolute atomic E-state index is 12.2. The van der Waals surface area contributed by atoms with Crippen molar-refractivity contribution in [3.8, 4) is 5.75 Å². The van der Waals surface area contributed by atoms with Crippen LogP contribution >= 0.6 is 0 Å². The lowest BCUT2D eigenvalue weighted by atomic mass is 10.2. The van der Waals surface area contributed by atoms with Crippen LogP contribution in [0, 0.1) is 0 Å². The monoisotopic (exact) mass is 303 g/mol. The molecule has 1 amide bonds. The molecule has 0 aromatic heterocycles. The topological polar surface area (TPSA) is 47.0 Å². The number of phenols is 1. The number of rotatable bonds is 4. The quantitative estimate of drug-likeness (QED) is 0.906. The van der Waals surface area contributed by atoms with Gasteiger partial charge in [0.2, 0.25) is 5.91 Å². The molecule has 2 aliphatic rings. The minimum atomic E-state index is 0.291. The molecule has 5 nitrogen and oxygen atoms in total. The Labute approximate surface area is 132 Å². The maximum atomic E-state index is 12.2. The minimum Gasteiger partial charge on any atom is -0.508 e.